The second-order valence-electron chi connectivity index (χ2n) is 8.06. The molecule has 4 rings (SSSR count). The third-order valence-electron chi connectivity index (χ3n) is 5.15. The highest BCUT2D eigenvalue weighted by Gasteiger charge is 2.26. The van der Waals surface area contributed by atoms with Crippen molar-refractivity contribution in [1.29, 1.82) is 0 Å². The summed E-state index contributed by atoms with van der Waals surface area (Å²) in [5, 5.41) is 5.84. The van der Waals surface area contributed by atoms with Gasteiger partial charge in [0.05, 0.1) is 5.69 Å². The molecule has 0 spiro atoms. The molecule has 2 aliphatic rings. The Morgan fingerprint density at radius 2 is 2.20 bits per heavy atom. The molecule has 30 heavy (non-hydrogen) atoms. The molecular formula is C21H26N6O3. The first-order chi connectivity index (χ1) is 14.4. The summed E-state index contributed by atoms with van der Waals surface area (Å²) in [7, 11) is 0. The van der Waals surface area contributed by atoms with Gasteiger partial charge in [0.1, 0.15) is 18.2 Å². The first kappa shape index (κ1) is 20.1. The average Bonchev–Trinajstić information content (AvgIpc) is 3.41. The van der Waals surface area contributed by atoms with Gasteiger partial charge in [-0.2, -0.15) is 0 Å². The van der Waals surface area contributed by atoms with E-state index >= 15 is 0 Å². The van der Waals surface area contributed by atoms with E-state index < -0.39 is 0 Å². The first-order valence-electron chi connectivity index (χ1n) is 9.92. The predicted molar refractivity (Wildman–Crippen MR) is 110 cm³/mol. The topological polar surface area (TPSA) is 103 Å². The minimum Gasteiger partial charge on any atom is -0.469 e. The highest BCUT2D eigenvalue weighted by atomic mass is 16.7. The zero-order valence-electron chi connectivity index (χ0n) is 17.4. The van der Waals surface area contributed by atoms with Crippen molar-refractivity contribution >= 4 is 6.03 Å². The molecule has 0 radical (unpaired) electrons. The molecule has 158 valence electrons. The lowest BCUT2D eigenvalue weighted by molar-refractivity contribution is 0.0509. The molecule has 9 heteroatoms. The number of ether oxygens (including phenoxy) is 2. The number of hydrogen-bond acceptors (Lipinski definition) is 6. The first-order valence-corrected chi connectivity index (χ1v) is 9.92. The van der Waals surface area contributed by atoms with Crippen molar-refractivity contribution in [2.45, 2.75) is 38.7 Å². The van der Waals surface area contributed by atoms with E-state index in [0.717, 1.165) is 29.1 Å². The van der Waals surface area contributed by atoms with Gasteiger partial charge in [-0.15, -0.1) is 0 Å². The molecule has 1 atom stereocenters. The monoisotopic (exact) mass is 410 g/mol. The number of urea groups is 1. The minimum absolute atomic E-state index is 0.0203. The number of aromatic nitrogens is 4. The maximum absolute atomic E-state index is 12.3. The zero-order valence-corrected chi connectivity index (χ0v) is 17.4. The van der Waals surface area contributed by atoms with Crippen LogP contribution >= 0.6 is 0 Å². The van der Waals surface area contributed by atoms with E-state index in [9.17, 15) is 4.79 Å². The molecule has 2 aromatic rings. The summed E-state index contributed by atoms with van der Waals surface area (Å²) in [5.41, 5.74) is 2.34. The Hall–Kier alpha value is -3.20. The Balaban J connectivity index is 1.34. The van der Waals surface area contributed by atoms with E-state index in [-0.39, 0.29) is 17.6 Å². The summed E-state index contributed by atoms with van der Waals surface area (Å²) in [5.74, 6) is 1.40. The highest BCUT2D eigenvalue weighted by molar-refractivity contribution is 5.74. The second-order valence-corrected chi connectivity index (χ2v) is 8.06. The molecule has 1 fully saturated rings. The average molecular weight is 410 g/mol. The number of imidazole rings is 1. The molecule has 3 heterocycles. The number of fused-ring (bicyclic) bond motifs is 1. The molecule has 1 saturated heterocycles. The molecule has 9 nitrogen and oxygen atoms in total. The van der Waals surface area contributed by atoms with Gasteiger partial charge in [0.15, 0.2) is 6.79 Å². The van der Waals surface area contributed by atoms with Gasteiger partial charge < -0.3 is 20.1 Å². The summed E-state index contributed by atoms with van der Waals surface area (Å²) in [4.78, 5) is 25.5. The van der Waals surface area contributed by atoms with Gasteiger partial charge in [0.25, 0.3) is 0 Å². The van der Waals surface area contributed by atoms with Crippen LogP contribution in [0.1, 0.15) is 31.7 Å². The van der Waals surface area contributed by atoms with Crippen LogP contribution in [0, 0.1) is 6.92 Å². The Morgan fingerprint density at radius 3 is 3.00 bits per heavy atom. The van der Waals surface area contributed by atoms with E-state index in [1.807, 2.05) is 32.9 Å². The van der Waals surface area contributed by atoms with E-state index in [0.29, 0.717) is 25.8 Å². The van der Waals surface area contributed by atoms with Crippen molar-refractivity contribution in [3.05, 3.63) is 59.7 Å². The quantitative estimate of drug-likeness (QED) is 0.756. The third-order valence-corrected chi connectivity index (χ3v) is 5.15. The summed E-state index contributed by atoms with van der Waals surface area (Å²) < 4.78 is 12.6. The van der Waals surface area contributed by atoms with Crippen LogP contribution in [0.2, 0.25) is 0 Å². The molecule has 1 aliphatic carbocycles. The van der Waals surface area contributed by atoms with Crippen molar-refractivity contribution in [1.82, 2.24) is 30.2 Å². The van der Waals surface area contributed by atoms with Gasteiger partial charge in [0, 0.05) is 36.6 Å². The summed E-state index contributed by atoms with van der Waals surface area (Å²) in [6.45, 7) is 7.17. The number of carbonyl (C=O) groups excluding carboxylic acids is 1. The molecule has 1 aliphatic heterocycles. The van der Waals surface area contributed by atoms with Crippen LogP contribution in [-0.4, -0.2) is 51.5 Å². The number of nitrogens with one attached hydrogen (secondary N) is 2. The lowest BCUT2D eigenvalue weighted by atomic mass is 9.88. The van der Waals surface area contributed by atoms with Crippen LogP contribution in [0.3, 0.4) is 0 Å². The predicted octanol–water partition coefficient (Wildman–Crippen LogP) is 2.13. The molecule has 2 aromatic heterocycles. The van der Waals surface area contributed by atoms with Gasteiger partial charge in [-0.05, 0) is 31.1 Å². The van der Waals surface area contributed by atoms with Crippen LogP contribution in [0.5, 0.6) is 0 Å². The van der Waals surface area contributed by atoms with Crippen molar-refractivity contribution < 1.29 is 14.3 Å². The lowest BCUT2D eigenvalue weighted by Crippen LogP contribution is -2.43. The van der Waals surface area contributed by atoms with E-state index in [1.165, 1.54) is 0 Å². The molecule has 2 N–H and O–H groups in total. The Labute approximate surface area is 175 Å². The van der Waals surface area contributed by atoms with Crippen LogP contribution in [-0.2, 0) is 14.9 Å². The zero-order chi connectivity index (χ0) is 21.1. The Morgan fingerprint density at radius 1 is 1.33 bits per heavy atom. The molecule has 0 bridgehead atoms. The van der Waals surface area contributed by atoms with E-state index in [4.69, 9.17) is 9.47 Å². The van der Waals surface area contributed by atoms with Crippen molar-refractivity contribution in [2.24, 2.45) is 0 Å². The molecule has 1 unspecified atom stereocenters. The smallest absolute Gasteiger partial charge is 0.315 e. The van der Waals surface area contributed by atoms with E-state index in [2.05, 4.69) is 31.7 Å². The van der Waals surface area contributed by atoms with Crippen LogP contribution in [0.25, 0.3) is 5.95 Å². The summed E-state index contributed by atoms with van der Waals surface area (Å²) >= 11 is 0. The van der Waals surface area contributed by atoms with Crippen LogP contribution in [0.15, 0.2) is 48.3 Å². The number of aryl methyl sites for hydroxylation is 1. The molecule has 2 amide bonds. The minimum atomic E-state index is -0.380. The largest absolute Gasteiger partial charge is 0.469 e. The number of hydrogen-bond donors (Lipinski definition) is 2. The van der Waals surface area contributed by atoms with Gasteiger partial charge in [0.2, 0.25) is 5.95 Å². The van der Waals surface area contributed by atoms with Gasteiger partial charge in [-0.1, -0.05) is 19.9 Å². The maximum atomic E-state index is 12.3. The fourth-order valence-corrected chi connectivity index (χ4v) is 3.33. The maximum Gasteiger partial charge on any atom is 0.315 e. The van der Waals surface area contributed by atoms with Crippen LogP contribution in [0.4, 0.5) is 4.79 Å². The number of carbonyl (C=O) groups is 1. The Kier molecular flexibility index (Phi) is 5.54. The normalized spacial score (nSPS) is 18.2. The molecule has 0 saturated carbocycles. The third kappa shape index (κ3) is 4.51. The molecular weight excluding hydrogens is 384 g/mol. The fraction of sp³-hybridized carbons (Fsp3) is 0.429. The van der Waals surface area contributed by atoms with Crippen molar-refractivity contribution in [3.63, 3.8) is 0 Å². The standard InChI is InChI=1S/C21H26N6O3/c1-14-8-18(26-19(25-14)27-7-6-22-12-27)21(2,3)11-24-20(28)23-10-15-4-5-16-17(9-15)30-13-29-16/h4,6-9,12,16H,5,10-11,13H2,1-3H3,(H2,23,24,28). The fourth-order valence-electron chi connectivity index (χ4n) is 3.33. The van der Waals surface area contributed by atoms with E-state index in [1.54, 1.807) is 23.3 Å². The van der Waals surface area contributed by atoms with Crippen LogP contribution < -0.4 is 10.6 Å². The van der Waals surface area contributed by atoms with Crippen molar-refractivity contribution in [3.8, 4) is 5.95 Å². The summed E-state index contributed by atoms with van der Waals surface area (Å²) in [6, 6.07) is 1.72. The molecule has 0 aromatic carbocycles. The lowest BCUT2D eigenvalue weighted by Gasteiger charge is -2.25. The van der Waals surface area contributed by atoms with Crippen molar-refractivity contribution in [2.75, 3.05) is 19.9 Å². The SMILES string of the molecule is Cc1cc(C(C)(C)CNC(=O)NCC2=CCC3OCOC3=C2)nc(-n2ccnc2)n1. The number of amides is 2. The summed E-state index contributed by atoms with van der Waals surface area (Å²) in [6.07, 6.45) is 9.94. The second kappa shape index (κ2) is 8.27. The van der Waals surface area contributed by atoms with Gasteiger partial charge in [-0.25, -0.2) is 19.7 Å². The number of nitrogens with zero attached hydrogens (tertiary/aromatic N) is 4. The van der Waals surface area contributed by atoms with Gasteiger partial charge >= 0.3 is 6.03 Å². The Bertz CT molecular complexity index is 981. The van der Waals surface area contributed by atoms with Gasteiger partial charge in [-0.3, -0.25) is 4.57 Å². The number of rotatable bonds is 6. The highest BCUT2D eigenvalue weighted by Crippen LogP contribution is 2.26.